The zero-order valence-electron chi connectivity index (χ0n) is 17.0. The number of hydrogen-bond donors (Lipinski definition) is 1. The Morgan fingerprint density at radius 1 is 1.19 bits per heavy atom. The number of benzene rings is 1. The van der Waals surface area contributed by atoms with Gasteiger partial charge in [-0.25, -0.2) is 14.7 Å². The number of urea groups is 1. The highest BCUT2D eigenvalue weighted by atomic mass is 35.5. The molecule has 0 spiro atoms. The van der Waals surface area contributed by atoms with Gasteiger partial charge in [-0.3, -0.25) is 4.79 Å². The van der Waals surface area contributed by atoms with Crippen LogP contribution in [-0.4, -0.2) is 39.4 Å². The fraction of sp³-hybridized carbons (Fsp3) is 0.350. The number of rotatable bonds is 6. The van der Waals surface area contributed by atoms with Crippen LogP contribution in [0.25, 0.3) is 0 Å². The molecule has 3 rings (SSSR count). The first kappa shape index (κ1) is 23.2. The molecule has 1 N–H and O–H groups in total. The first-order valence-corrected chi connectivity index (χ1v) is 10.5. The number of nitrogens with one attached hydrogen (secondary N) is 1. The molecule has 0 bridgehead atoms. The number of hydrogen-bond acceptors (Lipinski definition) is 5. The van der Waals surface area contributed by atoms with E-state index in [1.165, 1.54) is 17.0 Å². The number of amides is 3. The van der Waals surface area contributed by atoms with Crippen molar-refractivity contribution in [3.63, 3.8) is 0 Å². The molecule has 11 heteroatoms. The highest BCUT2D eigenvalue weighted by molar-refractivity contribution is 8.00. The molecular formula is C20H20ClF3N4O2S. The van der Waals surface area contributed by atoms with Crippen LogP contribution in [-0.2, 0) is 11.3 Å². The average Bonchev–Trinajstić information content (AvgIpc) is 2.83. The largest absolute Gasteiger partial charge is 0.446 e. The summed E-state index contributed by atoms with van der Waals surface area (Å²) in [6.07, 6.45) is 1.61. The van der Waals surface area contributed by atoms with E-state index >= 15 is 0 Å². The van der Waals surface area contributed by atoms with E-state index in [1.54, 1.807) is 32.2 Å². The van der Waals surface area contributed by atoms with E-state index in [1.807, 2.05) is 6.92 Å². The molecule has 2 aromatic rings. The van der Waals surface area contributed by atoms with Crippen LogP contribution >= 0.6 is 23.4 Å². The number of halogens is 4. The van der Waals surface area contributed by atoms with Crippen LogP contribution in [0.5, 0.6) is 0 Å². The van der Waals surface area contributed by atoms with Crippen LogP contribution in [0.3, 0.4) is 0 Å². The lowest BCUT2D eigenvalue weighted by atomic mass is 10.0. The Hall–Kier alpha value is -2.46. The lowest BCUT2D eigenvalue weighted by Gasteiger charge is -2.27. The Morgan fingerprint density at radius 2 is 1.90 bits per heavy atom. The molecule has 1 aromatic carbocycles. The lowest BCUT2D eigenvalue weighted by Crippen LogP contribution is -2.43. The SMILES string of the molecule is CCNc1cc(CN2C(=O)N(c3ccc(SC(F)(F)F)c(Cl)c3)C(=O)C2(C)C)ccn1. The second kappa shape index (κ2) is 8.58. The van der Waals surface area contributed by atoms with Gasteiger partial charge in [0.15, 0.2) is 0 Å². The van der Waals surface area contributed by atoms with Crippen molar-refractivity contribution < 1.29 is 22.8 Å². The third-order valence-corrected chi connectivity index (χ3v) is 5.98. The van der Waals surface area contributed by atoms with Crippen LogP contribution in [0.4, 0.5) is 29.5 Å². The molecule has 0 atom stereocenters. The Kier molecular flexibility index (Phi) is 6.43. The van der Waals surface area contributed by atoms with Crippen LogP contribution in [0.2, 0.25) is 5.02 Å². The Morgan fingerprint density at radius 3 is 2.52 bits per heavy atom. The van der Waals surface area contributed by atoms with E-state index in [4.69, 9.17) is 11.6 Å². The van der Waals surface area contributed by atoms with E-state index < -0.39 is 23.0 Å². The topological polar surface area (TPSA) is 65.5 Å². The van der Waals surface area contributed by atoms with Crippen LogP contribution in [0.15, 0.2) is 41.4 Å². The summed E-state index contributed by atoms with van der Waals surface area (Å²) in [4.78, 5) is 32.5. The van der Waals surface area contributed by atoms with E-state index in [0.717, 1.165) is 16.5 Å². The van der Waals surface area contributed by atoms with Crippen molar-refractivity contribution in [1.82, 2.24) is 9.88 Å². The summed E-state index contributed by atoms with van der Waals surface area (Å²) >= 11 is 5.64. The minimum Gasteiger partial charge on any atom is -0.370 e. The van der Waals surface area contributed by atoms with Gasteiger partial charge in [-0.15, -0.1) is 0 Å². The molecule has 1 aromatic heterocycles. The van der Waals surface area contributed by atoms with E-state index in [9.17, 15) is 22.8 Å². The van der Waals surface area contributed by atoms with Gasteiger partial charge in [0.1, 0.15) is 11.4 Å². The predicted molar refractivity (Wildman–Crippen MR) is 114 cm³/mol. The van der Waals surface area contributed by atoms with Gasteiger partial charge in [0.25, 0.3) is 5.91 Å². The minimum absolute atomic E-state index is 0.116. The molecule has 31 heavy (non-hydrogen) atoms. The fourth-order valence-corrected chi connectivity index (χ4v) is 4.03. The van der Waals surface area contributed by atoms with Gasteiger partial charge in [0.2, 0.25) is 0 Å². The van der Waals surface area contributed by atoms with Crippen molar-refractivity contribution in [3.8, 4) is 0 Å². The number of anilines is 2. The maximum absolute atomic E-state index is 13.1. The highest BCUT2D eigenvalue weighted by Gasteiger charge is 2.51. The van der Waals surface area contributed by atoms with E-state index in [-0.39, 0.29) is 33.9 Å². The van der Waals surface area contributed by atoms with Crippen LogP contribution in [0.1, 0.15) is 26.3 Å². The molecule has 0 radical (unpaired) electrons. The quantitative estimate of drug-likeness (QED) is 0.442. The average molecular weight is 473 g/mol. The summed E-state index contributed by atoms with van der Waals surface area (Å²) in [6, 6.07) is 6.59. The van der Waals surface area contributed by atoms with Crippen molar-refractivity contribution in [3.05, 3.63) is 47.1 Å². The van der Waals surface area contributed by atoms with Crippen LogP contribution in [0, 0.1) is 0 Å². The minimum atomic E-state index is -4.50. The first-order valence-electron chi connectivity index (χ1n) is 9.34. The number of thioether (sulfide) groups is 1. The van der Waals surface area contributed by atoms with Crippen molar-refractivity contribution >= 4 is 46.8 Å². The lowest BCUT2D eigenvalue weighted by molar-refractivity contribution is -0.123. The van der Waals surface area contributed by atoms with E-state index in [0.29, 0.717) is 12.4 Å². The summed E-state index contributed by atoms with van der Waals surface area (Å²) in [5.41, 5.74) is -4.77. The molecular weight excluding hydrogens is 453 g/mol. The molecule has 6 nitrogen and oxygen atoms in total. The van der Waals surface area contributed by atoms with Gasteiger partial charge in [-0.1, -0.05) is 11.6 Å². The molecule has 2 heterocycles. The number of alkyl halides is 3. The second-order valence-electron chi connectivity index (χ2n) is 7.31. The molecule has 1 aliphatic rings. The van der Waals surface area contributed by atoms with E-state index in [2.05, 4.69) is 10.3 Å². The van der Waals surface area contributed by atoms with Gasteiger partial charge in [0, 0.05) is 24.2 Å². The van der Waals surface area contributed by atoms with Gasteiger partial charge in [-0.2, -0.15) is 13.2 Å². The molecule has 1 saturated heterocycles. The number of pyridine rings is 1. The van der Waals surface area contributed by atoms with Gasteiger partial charge in [0.05, 0.1) is 10.7 Å². The van der Waals surface area contributed by atoms with Crippen molar-refractivity contribution in [2.24, 2.45) is 0 Å². The second-order valence-corrected chi connectivity index (χ2v) is 8.82. The molecule has 1 fully saturated rings. The summed E-state index contributed by atoms with van der Waals surface area (Å²) < 4.78 is 38.0. The smallest absolute Gasteiger partial charge is 0.370 e. The summed E-state index contributed by atoms with van der Waals surface area (Å²) in [7, 11) is 0. The Bertz CT molecular complexity index is 1020. The monoisotopic (exact) mass is 472 g/mol. The summed E-state index contributed by atoms with van der Waals surface area (Å²) in [6.45, 7) is 6.01. The van der Waals surface area contributed by atoms with Crippen LogP contribution < -0.4 is 10.2 Å². The zero-order valence-corrected chi connectivity index (χ0v) is 18.5. The number of carbonyl (C=O) groups is 2. The summed E-state index contributed by atoms with van der Waals surface area (Å²) in [5, 5.41) is 2.89. The Balaban J connectivity index is 1.89. The number of imide groups is 1. The van der Waals surface area contributed by atoms with Crippen molar-refractivity contribution in [1.29, 1.82) is 0 Å². The maximum atomic E-state index is 13.1. The molecule has 0 aliphatic carbocycles. The van der Waals surface area contributed by atoms with Crippen molar-refractivity contribution in [2.45, 2.75) is 43.3 Å². The number of aromatic nitrogens is 1. The standard InChI is InChI=1S/C20H20ClF3N4O2S/c1-4-25-16-9-12(7-8-26-16)11-27-18(30)28(17(29)19(27,2)3)13-5-6-15(14(21)10-13)31-20(22,23)24/h5-10H,4,11H2,1-3H3,(H,25,26). The molecule has 0 saturated carbocycles. The first-order chi connectivity index (χ1) is 14.4. The third-order valence-electron chi connectivity index (χ3n) is 4.75. The highest BCUT2D eigenvalue weighted by Crippen LogP contribution is 2.42. The molecule has 1 aliphatic heterocycles. The normalized spacial score (nSPS) is 16.2. The third kappa shape index (κ3) is 4.90. The van der Waals surface area contributed by atoms with Gasteiger partial charge >= 0.3 is 11.5 Å². The molecule has 3 amide bonds. The Labute approximate surface area is 186 Å². The summed E-state index contributed by atoms with van der Waals surface area (Å²) in [5.74, 6) is 0.155. The zero-order chi connectivity index (χ0) is 23.0. The maximum Gasteiger partial charge on any atom is 0.446 e. The van der Waals surface area contributed by atoms with Crippen molar-refractivity contribution in [2.75, 3.05) is 16.8 Å². The van der Waals surface area contributed by atoms with Gasteiger partial charge in [-0.05, 0) is 68.4 Å². The molecule has 166 valence electrons. The number of nitrogens with zero attached hydrogens (tertiary/aromatic N) is 3. The number of carbonyl (C=O) groups excluding carboxylic acids is 2. The fourth-order valence-electron chi connectivity index (χ4n) is 3.20. The predicted octanol–water partition coefficient (Wildman–Crippen LogP) is 5.53. The molecule has 0 unspecified atom stereocenters. The van der Waals surface area contributed by atoms with Gasteiger partial charge < -0.3 is 10.2 Å².